The van der Waals surface area contributed by atoms with E-state index < -0.39 is 12.1 Å². The Kier molecular flexibility index (Phi) is 67.9. The molecule has 2 unspecified atom stereocenters. The molecule has 0 saturated carbocycles. The van der Waals surface area contributed by atoms with Crippen LogP contribution in [0.15, 0.2) is 12.2 Å². The van der Waals surface area contributed by atoms with Crippen LogP contribution in [0.3, 0.4) is 0 Å². The van der Waals surface area contributed by atoms with Gasteiger partial charge in [0.05, 0.1) is 25.4 Å². The first-order chi connectivity index (χ1) is 39.0. The van der Waals surface area contributed by atoms with Crippen molar-refractivity contribution in [2.24, 2.45) is 0 Å². The first-order valence-electron chi connectivity index (χ1n) is 36.5. The van der Waals surface area contributed by atoms with Gasteiger partial charge in [0.2, 0.25) is 5.91 Å². The molecule has 79 heavy (non-hydrogen) atoms. The van der Waals surface area contributed by atoms with Gasteiger partial charge < -0.3 is 20.3 Å². The number of unbranched alkanes of at least 4 members (excludes halogenated alkanes) is 58. The Hall–Kier alpha value is -1.40. The van der Waals surface area contributed by atoms with Crippen molar-refractivity contribution >= 4 is 11.9 Å². The number of aliphatic hydroxyl groups excluding tert-OH is 2. The maximum atomic E-state index is 12.5. The van der Waals surface area contributed by atoms with E-state index >= 15 is 0 Å². The van der Waals surface area contributed by atoms with Gasteiger partial charge >= 0.3 is 5.97 Å². The summed E-state index contributed by atoms with van der Waals surface area (Å²) in [7, 11) is 0. The van der Waals surface area contributed by atoms with Crippen molar-refractivity contribution < 1.29 is 24.5 Å². The molecule has 2 atom stereocenters. The van der Waals surface area contributed by atoms with E-state index in [-0.39, 0.29) is 18.5 Å². The molecule has 0 rings (SSSR count). The number of ether oxygens (including phenoxy) is 1. The minimum atomic E-state index is -0.842. The largest absolute Gasteiger partial charge is 0.466 e. The summed E-state index contributed by atoms with van der Waals surface area (Å²) in [6, 6.07) is -0.625. The van der Waals surface area contributed by atoms with Crippen LogP contribution in [0.2, 0.25) is 0 Å². The zero-order valence-electron chi connectivity index (χ0n) is 53.9. The number of nitrogens with one attached hydrogen (secondary N) is 1. The number of carbonyl (C=O) groups is 2. The number of carbonyl (C=O) groups excluding carboxylic acids is 2. The molecule has 0 radical (unpaired) electrons. The molecule has 470 valence electrons. The third-order valence-corrected chi connectivity index (χ3v) is 17.3. The Morgan fingerprint density at radius 2 is 0.582 bits per heavy atom. The number of aliphatic hydroxyl groups is 2. The molecule has 0 aromatic carbocycles. The molecule has 1 amide bonds. The third-order valence-electron chi connectivity index (χ3n) is 17.3. The summed E-state index contributed by atoms with van der Waals surface area (Å²) in [5.74, 6) is -0.0374. The lowest BCUT2D eigenvalue weighted by Crippen LogP contribution is -2.45. The molecule has 0 bridgehead atoms. The first kappa shape index (κ1) is 77.6. The van der Waals surface area contributed by atoms with Gasteiger partial charge in [-0.2, -0.15) is 0 Å². The average Bonchev–Trinajstić information content (AvgIpc) is 3.45. The highest BCUT2D eigenvalue weighted by Crippen LogP contribution is 2.19. The van der Waals surface area contributed by atoms with E-state index in [1.165, 1.54) is 353 Å². The quantitative estimate of drug-likeness (QED) is 0.0320. The zero-order valence-corrected chi connectivity index (χ0v) is 53.9. The van der Waals surface area contributed by atoms with E-state index in [4.69, 9.17) is 4.74 Å². The SMILES string of the molecule is CCCCCCCCCCCCCCCCCCC/C=C/C(O)C(CO)NC(=O)CCCCCCCCCCCCCCCCCCCCCCCCCCCCCCCCOC(=O)CCCCCCCCCCCCCCC. The molecule has 6 heteroatoms. The summed E-state index contributed by atoms with van der Waals surface area (Å²) in [5.41, 5.74) is 0. The molecule has 3 N–H and O–H groups in total. The van der Waals surface area contributed by atoms with Crippen LogP contribution < -0.4 is 5.32 Å². The summed E-state index contributed by atoms with van der Waals surface area (Å²) >= 11 is 0. The fraction of sp³-hybridized carbons (Fsp3) is 0.945. The van der Waals surface area contributed by atoms with E-state index in [0.717, 1.165) is 38.5 Å². The second-order valence-electron chi connectivity index (χ2n) is 25.3. The molecule has 0 saturated heterocycles. The molecule has 0 aliphatic heterocycles. The van der Waals surface area contributed by atoms with Gasteiger partial charge in [-0.3, -0.25) is 9.59 Å². The highest BCUT2D eigenvalue weighted by Gasteiger charge is 2.18. The highest BCUT2D eigenvalue weighted by atomic mass is 16.5. The highest BCUT2D eigenvalue weighted by molar-refractivity contribution is 5.76. The van der Waals surface area contributed by atoms with Gasteiger partial charge in [0.25, 0.3) is 0 Å². The van der Waals surface area contributed by atoms with Crippen LogP contribution in [0.5, 0.6) is 0 Å². The first-order valence-corrected chi connectivity index (χ1v) is 36.5. The van der Waals surface area contributed by atoms with Crippen molar-refractivity contribution in [1.29, 1.82) is 0 Å². The van der Waals surface area contributed by atoms with Gasteiger partial charge in [0.1, 0.15) is 0 Å². The Labute approximate surface area is 495 Å². The number of hydrogen-bond acceptors (Lipinski definition) is 5. The molecule has 0 spiro atoms. The Balaban J connectivity index is 3.35. The van der Waals surface area contributed by atoms with Crippen LogP contribution >= 0.6 is 0 Å². The fourth-order valence-corrected chi connectivity index (χ4v) is 11.8. The Morgan fingerprint density at radius 1 is 0.342 bits per heavy atom. The molecule has 6 nitrogen and oxygen atoms in total. The average molecular weight is 1110 g/mol. The van der Waals surface area contributed by atoms with Gasteiger partial charge in [-0.25, -0.2) is 0 Å². The van der Waals surface area contributed by atoms with E-state index in [1.54, 1.807) is 6.08 Å². The second kappa shape index (κ2) is 69.1. The van der Waals surface area contributed by atoms with Gasteiger partial charge in [0.15, 0.2) is 0 Å². The van der Waals surface area contributed by atoms with Crippen LogP contribution in [0.25, 0.3) is 0 Å². The molecule has 0 aromatic heterocycles. The Morgan fingerprint density at radius 3 is 0.861 bits per heavy atom. The minimum absolute atomic E-state index is 0.0223. The van der Waals surface area contributed by atoms with Gasteiger partial charge in [-0.05, 0) is 32.1 Å². The standard InChI is InChI=1S/C73H143NO5/c1-3-5-7-9-11-13-15-17-18-19-32-35-38-42-45-49-53-57-61-65-71(76)70(69-75)74-72(77)66-62-58-54-50-46-43-39-36-33-30-28-26-24-22-20-21-23-25-27-29-31-34-37-40-44-48-52-56-60-64-68-79-73(78)67-63-59-55-51-47-41-16-14-12-10-8-6-4-2/h61,65,70-71,75-76H,3-60,62-64,66-69H2,1-2H3,(H,74,77)/b65-61+. The van der Waals surface area contributed by atoms with Crippen LogP contribution in [-0.2, 0) is 14.3 Å². The Bertz CT molecular complexity index is 1190. The summed E-state index contributed by atoms with van der Waals surface area (Å²) < 4.78 is 5.49. The van der Waals surface area contributed by atoms with Gasteiger partial charge in [-0.15, -0.1) is 0 Å². The predicted octanol–water partition coefficient (Wildman–Crippen LogP) is 23.5. The van der Waals surface area contributed by atoms with Crippen LogP contribution in [0, 0.1) is 0 Å². The second-order valence-corrected chi connectivity index (χ2v) is 25.3. The maximum absolute atomic E-state index is 12.5. The lowest BCUT2D eigenvalue weighted by molar-refractivity contribution is -0.143. The summed E-state index contributed by atoms with van der Waals surface area (Å²) in [4.78, 5) is 24.6. The van der Waals surface area contributed by atoms with Crippen molar-refractivity contribution in [1.82, 2.24) is 5.32 Å². The number of rotatable bonds is 69. The van der Waals surface area contributed by atoms with Crippen LogP contribution in [0.1, 0.15) is 418 Å². The number of allylic oxidation sites excluding steroid dienone is 1. The van der Waals surface area contributed by atoms with Crippen molar-refractivity contribution in [3.05, 3.63) is 12.2 Å². The lowest BCUT2D eigenvalue weighted by Gasteiger charge is -2.20. The number of amides is 1. The third kappa shape index (κ3) is 65.6. The van der Waals surface area contributed by atoms with E-state index in [1.807, 2.05) is 6.08 Å². The molecular formula is C73H143NO5. The number of esters is 1. The monoisotopic (exact) mass is 1110 g/mol. The van der Waals surface area contributed by atoms with E-state index in [0.29, 0.717) is 19.4 Å². The molecule has 0 fully saturated rings. The van der Waals surface area contributed by atoms with Crippen LogP contribution in [-0.4, -0.2) is 47.4 Å². The van der Waals surface area contributed by atoms with Gasteiger partial charge in [-0.1, -0.05) is 386 Å². The zero-order chi connectivity index (χ0) is 57.1. The molecule has 0 heterocycles. The summed E-state index contributed by atoms with van der Waals surface area (Å²) in [5, 5.41) is 23.2. The van der Waals surface area contributed by atoms with E-state index in [9.17, 15) is 19.8 Å². The normalized spacial score (nSPS) is 12.5. The van der Waals surface area contributed by atoms with Gasteiger partial charge in [0, 0.05) is 12.8 Å². The summed E-state index contributed by atoms with van der Waals surface area (Å²) in [6.07, 6.45) is 85.9. The van der Waals surface area contributed by atoms with Crippen molar-refractivity contribution in [3.8, 4) is 0 Å². The van der Waals surface area contributed by atoms with Crippen molar-refractivity contribution in [2.45, 2.75) is 431 Å². The predicted molar refractivity (Wildman–Crippen MR) is 347 cm³/mol. The van der Waals surface area contributed by atoms with Crippen LogP contribution in [0.4, 0.5) is 0 Å². The fourth-order valence-electron chi connectivity index (χ4n) is 11.8. The molecule has 0 aliphatic rings. The summed E-state index contributed by atoms with van der Waals surface area (Å²) in [6.45, 7) is 4.95. The number of hydrogen-bond donors (Lipinski definition) is 3. The van der Waals surface area contributed by atoms with Crippen molar-refractivity contribution in [2.75, 3.05) is 13.2 Å². The maximum Gasteiger partial charge on any atom is 0.305 e. The molecule has 0 aromatic rings. The lowest BCUT2D eigenvalue weighted by atomic mass is 10.0. The molecular weight excluding hydrogens is 971 g/mol. The van der Waals surface area contributed by atoms with E-state index in [2.05, 4.69) is 19.2 Å². The molecule has 0 aliphatic carbocycles. The smallest absolute Gasteiger partial charge is 0.305 e. The van der Waals surface area contributed by atoms with Crippen molar-refractivity contribution in [3.63, 3.8) is 0 Å². The topological polar surface area (TPSA) is 95.9 Å². The minimum Gasteiger partial charge on any atom is -0.466 e.